The molecule has 0 saturated carbocycles. The molecule has 36 heavy (non-hydrogen) atoms. The van der Waals surface area contributed by atoms with Crippen molar-refractivity contribution in [1.82, 2.24) is 4.57 Å². The lowest BCUT2D eigenvalue weighted by molar-refractivity contribution is -0.136. The summed E-state index contributed by atoms with van der Waals surface area (Å²) in [6.07, 6.45) is 5.51. The van der Waals surface area contributed by atoms with E-state index in [4.69, 9.17) is 14.6 Å². The molecule has 7 heteroatoms. The van der Waals surface area contributed by atoms with Crippen LogP contribution in [0.1, 0.15) is 52.1 Å². The van der Waals surface area contributed by atoms with Gasteiger partial charge in [0.15, 0.2) is 5.78 Å². The fourth-order valence-electron chi connectivity index (χ4n) is 5.42. The number of aliphatic hydroxyl groups is 1. The Kier molecular flexibility index (Phi) is 7.79. The normalized spacial score (nSPS) is 14.8. The predicted octanol–water partition coefficient (Wildman–Crippen LogP) is 4.49. The molecule has 0 spiro atoms. The Morgan fingerprint density at radius 1 is 1.06 bits per heavy atom. The molecule has 1 aliphatic rings. The number of carbonyl (C=O) groups is 2. The molecule has 2 aromatic carbocycles. The lowest BCUT2D eigenvalue weighted by Gasteiger charge is -2.27. The number of aliphatic hydroxyl groups excluding tert-OH is 1. The highest BCUT2D eigenvalue weighted by atomic mass is 16.5. The third-order valence-corrected chi connectivity index (χ3v) is 7.05. The predicted molar refractivity (Wildman–Crippen MR) is 136 cm³/mol. The third-order valence-electron chi connectivity index (χ3n) is 7.05. The number of carbonyl (C=O) groups excluding carboxylic acids is 1. The maximum Gasteiger partial charge on any atom is 0.307 e. The minimum Gasteiger partial charge on any atom is -0.496 e. The second-order valence-corrected chi connectivity index (χ2v) is 9.63. The quantitative estimate of drug-likeness (QED) is 0.384. The van der Waals surface area contributed by atoms with Crippen LogP contribution in [0.2, 0.25) is 0 Å². The Morgan fingerprint density at radius 3 is 2.19 bits per heavy atom. The van der Waals surface area contributed by atoms with Gasteiger partial charge in [-0.1, -0.05) is 24.3 Å². The van der Waals surface area contributed by atoms with Crippen molar-refractivity contribution in [2.45, 2.75) is 45.3 Å². The molecule has 0 aliphatic heterocycles. The molecule has 0 unspecified atom stereocenters. The molecule has 1 aliphatic carbocycles. The van der Waals surface area contributed by atoms with Crippen LogP contribution in [0, 0.1) is 11.8 Å². The number of aromatic nitrogens is 1. The minimum atomic E-state index is -0.877. The SMILES string of the molecule is COc1cc([C@@H](O)[C@@H](CC2Cc3ccccc3C2)Cn2ccc(CC(=O)O)c2)cc(OC)c1C(C)=O. The van der Waals surface area contributed by atoms with E-state index in [1.165, 1.54) is 32.3 Å². The van der Waals surface area contributed by atoms with Gasteiger partial charge in [0.2, 0.25) is 0 Å². The van der Waals surface area contributed by atoms with Gasteiger partial charge in [0.25, 0.3) is 0 Å². The van der Waals surface area contributed by atoms with Crippen LogP contribution in [0.4, 0.5) is 0 Å². The Bertz CT molecular complexity index is 1200. The molecule has 0 amide bonds. The van der Waals surface area contributed by atoms with Gasteiger partial charge in [0, 0.05) is 24.9 Å². The zero-order valence-electron chi connectivity index (χ0n) is 20.9. The largest absolute Gasteiger partial charge is 0.496 e. The van der Waals surface area contributed by atoms with Crippen LogP contribution in [-0.2, 0) is 30.6 Å². The lowest BCUT2D eigenvalue weighted by atomic mass is 9.85. The van der Waals surface area contributed by atoms with Crippen molar-refractivity contribution in [2.24, 2.45) is 11.8 Å². The maximum atomic E-state index is 12.2. The Balaban J connectivity index is 1.64. The van der Waals surface area contributed by atoms with E-state index >= 15 is 0 Å². The summed E-state index contributed by atoms with van der Waals surface area (Å²) in [6, 6.07) is 13.7. The highest BCUT2D eigenvalue weighted by Gasteiger charge is 2.30. The van der Waals surface area contributed by atoms with Gasteiger partial charge in [-0.15, -0.1) is 0 Å². The number of hydrogen-bond donors (Lipinski definition) is 2. The number of hydrogen-bond acceptors (Lipinski definition) is 5. The highest BCUT2D eigenvalue weighted by Crippen LogP contribution is 2.39. The van der Waals surface area contributed by atoms with Gasteiger partial charge in [-0.05, 0) is 72.6 Å². The standard InChI is InChI=1S/C29H33NO6/c1-18(31)28-25(35-2)14-23(15-26(28)36-3)29(34)24(17-30-9-8-19(16-30)13-27(32)33)12-20-10-21-6-4-5-7-22(21)11-20/h4-9,14-16,20,24,29,34H,10-13,17H2,1-3H3,(H,32,33)/t24-,29+/m0/s1. The van der Waals surface area contributed by atoms with Crippen molar-refractivity contribution < 1.29 is 29.3 Å². The number of benzene rings is 2. The number of ketones is 1. The first kappa shape index (κ1) is 25.5. The molecule has 0 saturated heterocycles. The number of fused-ring (bicyclic) bond motifs is 1. The fraction of sp³-hybridized carbons (Fsp3) is 0.379. The number of methoxy groups -OCH3 is 2. The first-order valence-corrected chi connectivity index (χ1v) is 12.2. The molecule has 1 heterocycles. The van der Waals surface area contributed by atoms with E-state index < -0.39 is 12.1 Å². The molecule has 2 atom stereocenters. The van der Waals surface area contributed by atoms with Crippen LogP contribution in [0.3, 0.4) is 0 Å². The molecular weight excluding hydrogens is 458 g/mol. The average molecular weight is 492 g/mol. The van der Waals surface area contributed by atoms with Crippen molar-refractivity contribution in [3.63, 3.8) is 0 Å². The Morgan fingerprint density at radius 2 is 1.67 bits per heavy atom. The molecular formula is C29H33NO6. The van der Waals surface area contributed by atoms with Gasteiger partial charge < -0.3 is 24.3 Å². The van der Waals surface area contributed by atoms with Crippen molar-refractivity contribution in [3.8, 4) is 11.5 Å². The first-order chi connectivity index (χ1) is 17.3. The molecule has 1 aromatic heterocycles. The summed E-state index contributed by atoms with van der Waals surface area (Å²) in [4.78, 5) is 23.3. The van der Waals surface area contributed by atoms with E-state index in [1.54, 1.807) is 18.2 Å². The van der Waals surface area contributed by atoms with Gasteiger partial charge in [-0.3, -0.25) is 9.59 Å². The Hall–Kier alpha value is -3.58. The number of carboxylic acid groups (broad SMARTS) is 1. The van der Waals surface area contributed by atoms with Crippen LogP contribution < -0.4 is 9.47 Å². The van der Waals surface area contributed by atoms with E-state index in [9.17, 15) is 14.7 Å². The van der Waals surface area contributed by atoms with Crippen LogP contribution in [-0.4, -0.2) is 40.8 Å². The monoisotopic (exact) mass is 491 g/mol. The maximum absolute atomic E-state index is 12.2. The fourth-order valence-corrected chi connectivity index (χ4v) is 5.42. The van der Waals surface area contributed by atoms with Crippen molar-refractivity contribution in [2.75, 3.05) is 14.2 Å². The summed E-state index contributed by atoms with van der Waals surface area (Å²) in [6.45, 7) is 1.98. The van der Waals surface area contributed by atoms with E-state index in [0.717, 1.165) is 24.8 Å². The summed E-state index contributed by atoms with van der Waals surface area (Å²) in [5.74, 6) is -0.0928. The van der Waals surface area contributed by atoms with Gasteiger partial charge in [-0.25, -0.2) is 0 Å². The number of rotatable bonds is 11. The summed E-state index contributed by atoms with van der Waals surface area (Å²) >= 11 is 0. The molecule has 0 radical (unpaired) electrons. The number of carboxylic acids is 1. The Labute approximate surface area is 211 Å². The smallest absolute Gasteiger partial charge is 0.307 e. The average Bonchev–Trinajstić information content (AvgIpc) is 3.47. The molecule has 3 aromatic rings. The van der Waals surface area contributed by atoms with Gasteiger partial charge in [-0.2, -0.15) is 0 Å². The number of ether oxygens (including phenoxy) is 2. The zero-order chi connectivity index (χ0) is 25.8. The van der Waals surface area contributed by atoms with Crippen LogP contribution in [0.15, 0.2) is 54.9 Å². The van der Waals surface area contributed by atoms with Gasteiger partial charge in [0.1, 0.15) is 17.1 Å². The van der Waals surface area contributed by atoms with E-state index in [-0.39, 0.29) is 18.1 Å². The van der Waals surface area contributed by atoms with Gasteiger partial charge >= 0.3 is 5.97 Å². The van der Waals surface area contributed by atoms with Crippen molar-refractivity contribution >= 4 is 11.8 Å². The van der Waals surface area contributed by atoms with E-state index in [2.05, 4.69) is 24.3 Å². The summed E-state index contributed by atoms with van der Waals surface area (Å²) < 4.78 is 12.9. The third kappa shape index (κ3) is 5.62. The van der Waals surface area contributed by atoms with Crippen LogP contribution in [0.5, 0.6) is 11.5 Å². The molecule has 190 valence electrons. The first-order valence-electron chi connectivity index (χ1n) is 12.2. The topological polar surface area (TPSA) is 98.0 Å². The minimum absolute atomic E-state index is 0.0426. The van der Waals surface area contributed by atoms with Crippen LogP contribution in [0.25, 0.3) is 0 Å². The second kappa shape index (κ2) is 11.0. The summed E-state index contributed by atoms with van der Waals surface area (Å²) in [5, 5.41) is 20.8. The summed E-state index contributed by atoms with van der Waals surface area (Å²) in [5.41, 5.74) is 4.40. The number of nitrogens with zero attached hydrogens (tertiary/aromatic N) is 1. The number of Topliss-reactive ketones (excluding diaryl/α,β-unsaturated/α-hetero) is 1. The van der Waals surface area contributed by atoms with E-state index in [0.29, 0.717) is 35.1 Å². The lowest BCUT2D eigenvalue weighted by Crippen LogP contribution is -2.22. The molecule has 2 N–H and O–H groups in total. The van der Waals surface area contributed by atoms with Crippen molar-refractivity contribution in [3.05, 3.63) is 82.7 Å². The van der Waals surface area contributed by atoms with Crippen LogP contribution >= 0.6 is 0 Å². The molecule has 7 nitrogen and oxygen atoms in total. The molecule has 4 rings (SSSR count). The summed E-state index contributed by atoms with van der Waals surface area (Å²) in [7, 11) is 2.99. The van der Waals surface area contributed by atoms with Gasteiger partial charge in [0.05, 0.1) is 26.7 Å². The number of aliphatic carboxylic acids is 1. The van der Waals surface area contributed by atoms with E-state index in [1.807, 2.05) is 17.0 Å². The molecule has 0 fully saturated rings. The second-order valence-electron chi connectivity index (χ2n) is 9.63. The highest BCUT2D eigenvalue weighted by molar-refractivity contribution is 5.99. The molecule has 0 bridgehead atoms. The zero-order valence-corrected chi connectivity index (χ0v) is 20.9. The van der Waals surface area contributed by atoms with Crippen molar-refractivity contribution in [1.29, 1.82) is 0 Å².